The molecule has 96 valence electrons. The summed E-state index contributed by atoms with van der Waals surface area (Å²) in [6, 6.07) is 13.6. The Morgan fingerprint density at radius 2 is 1.35 bits per heavy atom. The average molecular weight is 299 g/mol. The van der Waals surface area contributed by atoms with E-state index in [0.717, 1.165) is 5.56 Å². The third-order valence-corrected chi connectivity index (χ3v) is 2.90. The van der Waals surface area contributed by atoms with Gasteiger partial charge in [-0.3, -0.25) is 4.79 Å². The fourth-order valence-corrected chi connectivity index (χ4v) is 1.65. The van der Waals surface area contributed by atoms with Gasteiger partial charge in [-0.1, -0.05) is 29.1 Å². The van der Waals surface area contributed by atoms with E-state index in [2.05, 4.69) is 23.7 Å². The van der Waals surface area contributed by atoms with E-state index in [1.54, 1.807) is 48.5 Å². The van der Waals surface area contributed by atoms with Crippen LogP contribution in [-0.4, -0.2) is 5.78 Å². The van der Waals surface area contributed by atoms with Gasteiger partial charge < -0.3 is 0 Å². The second-order valence-corrected chi connectivity index (χ2v) is 4.72. The predicted molar refractivity (Wildman–Crippen MR) is 81.9 cm³/mol. The topological polar surface area (TPSA) is 17.1 Å². The minimum Gasteiger partial charge on any atom is -0.279 e. The lowest BCUT2D eigenvalue weighted by Crippen LogP contribution is -1.93. The quantitative estimate of drug-likeness (QED) is 0.437. The van der Waals surface area contributed by atoms with E-state index >= 15 is 0 Å². The fraction of sp³-hybridized carbons (Fsp3) is 0. The molecule has 0 saturated heterocycles. The zero-order chi connectivity index (χ0) is 14.4. The molecule has 0 unspecified atom stereocenters. The van der Waals surface area contributed by atoms with Crippen molar-refractivity contribution in [2.24, 2.45) is 0 Å². The molecule has 0 heterocycles. The van der Waals surface area contributed by atoms with Crippen LogP contribution in [0, 0.1) is 23.7 Å². The smallest absolute Gasteiger partial charge is 0.236 e. The van der Waals surface area contributed by atoms with Gasteiger partial charge in [0.25, 0.3) is 0 Å². The van der Waals surface area contributed by atoms with Crippen molar-refractivity contribution in [3.8, 4) is 23.7 Å². The maximum atomic E-state index is 11.7. The van der Waals surface area contributed by atoms with Gasteiger partial charge in [-0.2, -0.15) is 0 Å². The van der Waals surface area contributed by atoms with E-state index in [-0.39, 0.29) is 5.78 Å². The van der Waals surface area contributed by atoms with Gasteiger partial charge in [0, 0.05) is 21.2 Å². The standard InChI is InChI=1S/C17H8Cl2O/c18-15-9-5-13(6-10-15)3-1-2-4-17(20)14-7-11-16(19)12-8-14/h5-12H. The molecule has 1 nitrogen and oxygen atoms in total. The number of carbonyl (C=O) groups excluding carboxylic acids is 1. The molecule has 0 aromatic heterocycles. The van der Waals surface area contributed by atoms with Gasteiger partial charge in [0.1, 0.15) is 0 Å². The minimum absolute atomic E-state index is 0.285. The average Bonchev–Trinajstić information content (AvgIpc) is 2.46. The molecule has 2 aromatic rings. The predicted octanol–water partition coefficient (Wildman–Crippen LogP) is 4.23. The van der Waals surface area contributed by atoms with Crippen LogP contribution >= 0.6 is 23.2 Å². The van der Waals surface area contributed by atoms with Crippen LogP contribution in [0.2, 0.25) is 10.0 Å². The van der Waals surface area contributed by atoms with Gasteiger partial charge in [-0.15, -0.1) is 0 Å². The molecule has 0 aliphatic heterocycles. The van der Waals surface area contributed by atoms with Crippen LogP contribution < -0.4 is 0 Å². The fourth-order valence-electron chi connectivity index (χ4n) is 1.40. The van der Waals surface area contributed by atoms with Crippen LogP contribution in [0.5, 0.6) is 0 Å². The number of halogens is 2. The molecule has 3 heteroatoms. The third kappa shape index (κ3) is 4.18. The molecule has 0 bridgehead atoms. The zero-order valence-electron chi connectivity index (χ0n) is 10.3. The molecule has 0 fully saturated rings. The van der Waals surface area contributed by atoms with Gasteiger partial charge in [-0.05, 0) is 66.3 Å². The van der Waals surface area contributed by atoms with Crippen molar-refractivity contribution in [3.63, 3.8) is 0 Å². The summed E-state index contributed by atoms with van der Waals surface area (Å²) in [5, 5.41) is 1.23. The van der Waals surface area contributed by atoms with Crippen molar-refractivity contribution in [2.75, 3.05) is 0 Å². The van der Waals surface area contributed by atoms with Crippen LogP contribution in [-0.2, 0) is 0 Å². The molecule has 2 aromatic carbocycles. The highest BCUT2D eigenvalue weighted by molar-refractivity contribution is 6.31. The molecule has 0 radical (unpaired) electrons. The lowest BCUT2D eigenvalue weighted by molar-refractivity contribution is 0.105. The number of rotatable bonds is 1. The minimum atomic E-state index is -0.285. The first-order chi connectivity index (χ1) is 9.65. The second kappa shape index (κ2) is 6.83. The number of benzene rings is 2. The molecule has 0 aliphatic rings. The van der Waals surface area contributed by atoms with Crippen molar-refractivity contribution in [2.45, 2.75) is 0 Å². The first-order valence-corrected chi connectivity index (χ1v) is 6.48. The van der Waals surface area contributed by atoms with Gasteiger partial charge in [-0.25, -0.2) is 0 Å². The highest BCUT2D eigenvalue weighted by Gasteiger charge is 2.00. The van der Waals surface area contributed by atoms with Crippen molar-refractivity contribution < 1.29 is 4.79 Å². The van der Waals surface area contributed by atoms with Crippen LogP contribution in [0.25, 0.3) is 0 Å². The summed E-state index contributed by atoms with van der Waals surface area (Å²) in [5.41, 5.74) is 1.29. The Morgan fingerprint density at radius 3 is 1.95 bits per heavy atom. The van der Waals surface area contributed by atoms with E-state index in [1.165, 1.54) is 0 Å². The molecular weight excluding hydrogens is 291 g/mol. The van der Waals surface area contributed by atoms with Crippen molar-refractivity contribution in [3.05, 3.63) is 69.7 Å². The van der Waals surface area contributed by atoms with E-state index in [1.807, 2.05) is 0 Å². The van der Waals surface area contributed by atoms with E-state index in [9.17, 15) is 4.79 Å². The number of ketones is 1. The Labute approximate surface area is 127 Å². The first-order valence-electron chi connectivity index (χ1n) is 5.72. The highest BCUT2D eigenvalue weighted by Crippen LogP contribution is 2.09. The maximum Gasteiger partial charge on any atom is 0.236 e. The summed E-state index contributed by atoms with van der Waals surface area (Å²) in [6.45, 7) is 0. The van der Waals surface area contributed by atoms with E-state index in [4.69, 9.17) is 23.2 Å². The third-order valence-electron chi connectivity index (χ3n) is 2.40. The molecule has 0 amide bonds. The van der Waals surface area contributed by atoms with Crippen molar-refractivity contribution in [1.82, 2.24) is 0 Å². The Balaban J connectivity index is 2.06. The van der Waals surface area contributed by atoms with Crippen LogP contribution in [0.3, 0.4) is 0 Å². The molecule has 2 rings (SSSR count). The lowest BCUT2D eigenvalue weighted by Gasteiger charge is -1.92. The molecule has 20 heavy (non-hydrogen) atoms. The van der Waals surface area contributed by atoms with Gasteiger partial charge in [0.2, 0.25) is 5.78 Å². The lowest BCUT2D eigenvalue weighted by atomic mass is 10.1. The van der Waals surface area contributed by atoms with Gasteiger partial charge in [0.05, 0.1) is 0 Å². The Kier molecular flexibility index (Phi) is 4.85. The second-order valence-electron chi connectivity index (χ2n) is 3.84. The molecule has 0 spiro atoms. The maximum absolute atomic E-state index is 11.7. The van der Waals surface area contributed by atoms with Crippen molar-refractivity contribution >= 4 is 29.0 Å². The summed E-state index contributed by atoms with van der Waals surface area (Å²) in [5.74, 6) is 10.2. The molecule has 0 saturated carbocycles. The van der Waals surface area contributed by atoms with Crippen LogP contribution in [0.15, 0.2) is 48.5 Å². The van der Waals surface area contributed by atoms with E-state index in [0.29, 0.717) is 15.6 Å². The van der Waals surface area contributed by atoms with Crippen molar-refractivity contribution in [1.29, 1.82) is 0 Å². The van der Waals surface area contributed by atoms with E-state index < -0.39 is 0 Å². The SMILES string of the molecule is O=C(C#CC#Cc1ccc(Cl)cc1)c1ccc(Cl)cc1. The Bertz CT molecular complexity index is 736. The summed E-state index contributed by atoms with van der Waals surface area (Å²) in [7, 11) is 0. The van der Waals surface area contributed by atoms with Gasteiger partial charge >= 0.3 is 0 Å². The Morgan fingerprint density at radius 1 is 0.800 bits per heavy atom. The van der Waals surface area contributed by atoms with Gasteiger partial charge in [0.15, 0.2) is 0 Å². The Hall–Kier alpha value is -2.19. The summed E-state index contributed by atoms with van der Waals surface area (Å²) < 4.78 is 0. The zero-order valence-corrected chi connectivity index (χ0v) is 11.8. The molecule has 0 aliphatic carbocycles. The number of carbonyl (C=O) groups is 1. The number of hydrogen-bond donors (Lipinski definition) is 0. The molecular formula is C17H8Cl2O. The largest absolute Gasteiger partial charge is 0.279 e. The summed E-state index contributed by atoms with van der Waals surface area (Å²) in [4.78, 5) is 11.7. The first kappa shape index (κ1) is 14.2. The number of hydrogen-bond acceptors (Lipinski definition) is 1. The normalized spacial score (nSPS) is 8.90. The highest BCUT2D eigenvalue weighted by atomic mass is 35.5. The summed E-state index contributed by atoms with van der Waals surface area (Å²) >= 11 is 11.5. The van der Waals surface area contributed by atoms with Crippen LogP contribution in [0.1, 0.15) is 15.9 Å². The molecule has 0 N–H and O–H groups in total. The monoisotopic (exact) mass is 298 g/mol. The number of Topliss-reactive ketones (excluding diaryl/α,β-unsaturated/α-hetero) is 1. The van der Waals surface area contributed by atoms with Crippen LogP contribution in [0.4, 0.5) is 0 Å². The molecule has 0 atom stereocenters. The summed E-state index contributed by atoms with van der Waals surface area (Å²) in [6.07, 6.45) is 0.